The van der Waals surface area contributed by atoms with E-state index in [1.165, 1.54) is 19.2 Å². The topological polar surface area (TPSA) is 65.7 Å². The van der Waals surface area contributed by atoms with Gasteiger partial charge in [0.15, 0.2) is 11.5 Å². The van der Waals surface area contributed by atoms with Gasteiger partial charge in [-0.3, -0.25) is 0 Å². The first-order chi connectivity index (χ1) is 9.31. The second kappa shape index (κ2) is 4.87. The summed E-state index contributed by atoms with van der Waals surface area (Å²) in [7, 11) is 1.20. The Labute approximate surface area is 109 Å². The molecule has 0 aliphatic heterocycles. The molecule has 0 N–H and O–H groups in total. The van der Waals surface area contributed by atoms with Crippen LogP contribution in [0.3, 0.4) is 0 Å². The highest BCUT2D eigenvalue weighted by Gasteiger charge is 2.41. The van der Waals surface area contributed by atoms with Crippen molar-refractivity contribution in [1.82, 2.24) is 0 Å². The Morgan fingerprint density at radius 1 is 1.20 bits per heavy atom. The van der Waals surface area contributed by atoms with Crippen LogP contribution in [0, 0.1) is 0 Å². The minimum absolute atomic E-state index is 0.0247. The number of carbonyl (C=O) groups excluding carboxylic acids is 1. The molecule has 1 heterocycles. The fraction of sp³-hybridized carbons (Fsp3) is 0.167. The van der Waals surface area contributed by atoms with Gasteiger partial charge in [0.2, 0.25) is 0 Å². The third-order valence-electron chi connectivity index (χ3n) is 2.34. The SMILES string of the molecule is COc1cc2ccc(=O)oc2cc1OC(=O)C(F)(F)F. The van der Waals surface area contributed by atoms with Crippen molar-refractivity contribution in [3.05, 3.63) is 34.7 Å². The van der Waals surface area contributed by atoms with Crippen LogP contribution in [0.5, 0.6) is 11.5 Å². The van der Waals surface area contributed by atoms with Gasteiger partial charge in [0.05, 0.1) is 7.11 Å². The predicted octanol–water partition coefficient (Wildman–Crippen LogP) is 2.27. The highest BCUT2D eigenvalue weighted by atomic mass is 19.4. The van der Waals surface area contributed by atoms with Gasteiger partial charge in [0.1, 0.15) is 5.58 Å². The number of rotatable bonds is 2. The molecule has 0 amide bonds. The van der Waals surface area contributed by atoms with Gasteiger partial charge in [-0.15, -0.1) is 0 Å². The van der Waals surface area contributed by atoms with Crippen LogP contribution >= 0.6 is 0 Å². The lowest BCUT2D eigenvalue weighted by Gasteiger charge is -2.11. The van der Waals surface area contributed by atoms with Gasteiger partial charge < -0.3 is 13.9 Å². The molecule has 8 heteroatoms. The summed E-state index contributed by atoms with van der Waals surface area (Å²) < 4.78 is 50.3. The van der Waals surface area contributed by atoms with E-state index in [0.717, 1.165) is 12.1 Å². The summed E-state index contributed by atoms with van der Waals surface area (Å²) in [5.41, 5.74) is -0.709. The third-order valence-corrected chi connectivity index (χ3v) is 2.34. The van der Waals surface area contributed by atoms with Gasteiger partial charge in [-0.2, -0.15) is 13.2 Å². The first-order valence-corrected chi connectivity index (χ1v) is 5.22. The van der Waals surface area contributed by atoms with Crippen molar-refractivity contribution in [2.24, 2.45) is 0 Å². The molecule has 1 aromatic carbocycles. The van der Waals surface area contributed by atoms with E-state index >= 15 is 0 Å². The van der Waals surface area contributed by atoms with E-state index in [4.69, 9.17) is 9.15 Å². The Morgan fingerprint density at radius 2 is 1.90 bits per heavy atom. The number of benzene rings is 1. The normalized spacial score (nSPS) is 11.4. The summed E-state index contributed by atoms with van der Waals surface area (Å²) in [6, 6.07) is 4.82. The van der Waals surface area contributed by atoms with Crippen LogP contribution in [-0.2, 0) is 4.79 Å². The van der Waals surface area contributed by atoms with E-state index in [2.05, 4.69) is 4.74 Å². The van der Waals surface area contributed by atoms with Crippen LogP contribution in [0.25, 0.3) is 11.0 Å². The number of halogens is 3. The zero-order chi connectivity index (χ0) is 14.9. The van der Waals surface area contributed by atoms with Crippen LogP contribution in [0.4, 0.5) is 13.2 Å². The van der Waals surface area contributed by atoms with Crippen molar-refractivity contribution in [2.75, 3.05) is 7.11 Å². The van der Waals surface area contributed by atoms with Crippen molar-refractivity contribution >= 4 is 16.9 Å². The number of fused-ring (bicyclic) bond motifs is 1. The monoisotopic (exact) mass is 288 g/mol. The zero-order valence-electron chi connectivity index (χ0n) is 9.98. The Balaban J connectivity index is 2.51. The van der Waals surface area contributed by atoms with Crippen molar-refractivity contribution in [3.63, 3.8) is 0 Å². The molecule has 0 saturated carbocycles. The van der Waals surface area contributed by atoms with E-state index in [1.54, 1.807) is 0 Å². The maximum absolute atomic E-state index is 12.2. The third kappa shape index (κ3) is 2.73. The molecule has 0 radical (unpaired) electrons. The Morgan fingerprint density at radius 3 is 2.50 bits per heavy atom. The number of hydrogen-bond donors (Lipinski definition) is 0. The molecule has 5 nitrogen and oxygen atoms in total. The molecule has 0 fully saturated rings. The molecule has 0 atom stereocenters. The van der Waals surface area contributed by atoms with Gasteiger partial charge in [0, 0.05) is 17.5 Å². The summed E-state index contributed by atoms with van der Waals surface area (Å²) in [6.07, 6.45) is -5.14. The summed E-state index contributed by atoms with van der Waals surface area (Å²) in [5.74, 6) is -2.98. The fourth-order valence-corrected chi connectivity index (χ4v) is 1.47. The van der Waals surface area contributed by atoms with E-state index in [9.17, 15) is 22.8 Å². The van der Waals surface area contributed by atoms with Gasteiger partial charge in [-0.05, 0) is 12.1 Å². The largest absolute Gasteiger partial charge is 0.493 e. The van der Waals surface area contributed by atoms with Crippen molar-refractivity contribution in [1.29, 1.82) is 0 Å². The van der Waals surface area contributed by atoms with Crippen molar-refractivity contribution < 1.29 is 31.9 Å². The van der Waals surface area contributed by atoms with E-state index in [-0.39, 0.29) is 11.3 Å². The molecular formula is C12H7F3O5. The second-order valence-electron chi connectivity index (χ2n) is 3.68. The van der Waals surface area contributed by atoms with Gasteiger partial charge in [-0.1, -0.05) is 0 Å². The van der Waals surface area contributed by atoms with E-state index in [0.29, 0.717) is 5.39 Å². The lowest BCUT2D eigenvalue weighted by atomic mass is 10.2. The molecule has 0 spiro atoms. The molecule has 106 valence electrons. The number of alkyl halides is 3. The van der Waals surface area contributed by atoms with Crippen molar-refractivity contribution in [2.45, 2.75) is 6.18 Å². The second-order valence-corrected chi connectivity index (χ2v) is 3.68. The summed E-state index contributed by atoms with van der Waals surface area (Å²) >= 11 is 0. The molecule has 0 unspecified atom stereocenters. The number of esters is 1. The number of hydrogen-bond acceptors (Lipinski definition) is 5. The molecular weight excluding hydrogens is 281 g/mol. The first-order valence-electron chi connectivity index (χ1n) is 5.22. The summed E-state index contributed by atoms with van der Waals surface area (Å²) in [6.45, 7) is 0. The van der Waals surface area contributed by atoms with Crippen LogP contribution in [0.2, 0.25) is 0 Å². The molecule has 0 saturated heterocycles. The van der Waals surface area contributed by atoms with Gasteiger partial charge in [0.25, 0.3) is 0 Å². The summed E-state index contributed by atoms with van der Waals surface area (Å²) in [5, 5.41) is 0.410. The Hall–Kier alpha value is -2.51. The van der Waals surface area contributed by atoms with Crippen molar-refractivity contribution in [3.8, 4) is 11.5 Å². The summed E-state index contributed by atoms with van der Waals surface area (Å²) in [4.78, 5) is 21.9. The van der Waals surface area contributed by atoms with Crippen LogP contribution in [0.15, 0.2) is 33.5 Å². The minimum atomic E-state index is -5.14. The lowest BCUT2D eigenvalue weighted by Crippen LogP contribution is -2.28. The lowest BCUT2D eigenvalue weighted by molar-refractivity contribution is -0.189. The average molecular weight is 288 g/mol. The molecule has 0 bridgehead atoms. The fourth-order valence-electron chi connectivity index (χ4n) is 1.47. The molecule has 0 aliphatic rings. The maximum atomic E-state index is 12.2. The minimum Gasteiger partial charge on any atom is -0.493 e. The van der Waals surface area contributed by atoms with E-state index in [1.807, 2.05) is 0 Å². The zero-order valence-corrected chi connectivity index (χ0v) is 9.98. The average Bonchev–Trinajstić information content (AvgIpc) is 2.36. The molecule has 2 rings (SSSR count). The van der Waals surface area contributed by atoms with E-state index < -0.39 is 23.5 Å². The Kier molecular flexibility index (Phi) is 3.39. The van der Waals surface area contributed by atoms with Crippen LogP contribution < -0.4 is 15.1 Å². The van der Waals surface area contributed by atoms with Crippen LogP contribution in [-0.4, -0.2) is 19.3 Å². The highest BCUT2D eigenvalue weighted by molar-refractivity contribution is 5.84. The molecule has 0 aliphatic carbocycles. The van der Waals surface area contributed by atoms with Crippen LogP contribution in [0.1, 0.15) is 0 Å². The smallest absolute Gasteiger partial charge is 0.491 e. The maximum Gasteiger partial charge on any atom is 0.491 e. The standard InChI is InChI=1S/C12H7F3O5/c1-18-8-4-6-2-3-10(16)19-7(6)5-9(8)20-11(17)12(13,14)15/h2-5H,1H3. The molecule has 20 heavy (non-hydrogen) atoms. The number of methoxy groups -OCH3 is 1. The number of carbonyl (C=O) groups is 1. The van der Waals surface area contributed by atoms with Gasteiger partial charge >= 0.3 is 17.8 Å². The Bertz CT molecular complexity index is 717. The van der Waals surface area contributed by atoms with Gasteiger partial charge in [-0.25, -0.2) is 9.59 Å². The highest BCUT2D eigenvalue weighted by Crippen LogP contribution is 2.33. The quantitative estimate of drug-likeness (QED) is 0.482. The predicted molar refractivity (Wildman–Crippen MR) is 60.7 cm³/mol. The molecule has 2 aromatic rings. The first kappa shape index (κ1) is 13.9. The number of ether oxygens (including phenoxy) is 2. The molecule has 1 aromatic heterocycles.